The van der Waals surface area contributed by atoms with E-state index in [1.165, 1.54) is 24.3 Å². The van der Waals surface area contributed by atoms with Crippen LogP contribution in [-0.4, -0.2) is 84.1 Å². The molecule has 0 atom stereocenters. The number of rotatable bonds is 11. The van der Waals surface area contributed by atoms with Crippen LogP contribution in [0.2, 0.25) is 0 Å². The van der Waals surface area contributed by atoms with Crippen LogP contribution in [0.5, 0.6) is 0 Å². The summed E-state index contributed by atoms with van der Waals surface area (Å²) in [6.07, 6.45) is -9.73. The van der Waals surface area contributed by atoms with E-state index in [1.807, 2.05) is 4.90 Å². The topological polar surface area (TPSA) is 29.5 Å². The number of benzene rings is 1. The maximum Gasteiger partial charge on any atom is 0.460 e. The van der Waals surface area contributed by atoms with Gasteiger partial charge in [0.05, 0.1) is 18.8 Å². The Morgan fingerprint density at radius 2 is 1.23 bits per heavy atom. The molecule has 1 aromatic carbocycles. The lowest BCUT2D eigenvalue weighted by Gasteiger charge is -2.39. The van der Waals surface area contributed by atoms with Crippen LogP contribution in [0.3, 0.4) is 0 Å². The Bertz CT molecular complexity index is 1000. The molecule has 2 rings (SSSR count). The zero-order valence-electron chi connectivity index (χ0n) is 20.1. The maximum atomic E-state index is 13.9. The van der Waals surface area contributed by atoms with Crippen molar-refractivity contribution in [3.63, 3.8) is 0 Å². The lowest BCUT2D eigenvalue weighted by atomic mass is 9.91. The Morgan fingerprint density at radius 1 is 0.769 bits per heavy atom. The molecule has 1 aliphatic rings. The highest BCUT2D eigenvalue weighted by Gasteiger charge is 2.90. The molecule has 1 saturated heterocycles. The number of halogens is 13. The monoisotopic (exact) mass is 611 g/mol. The van der Waals surface area contributed by atoms with Crippen molar-refractivity contribution in [1.82, 2.24) is 4.90 Å². The van der Waals surface area contributed by atoms with Gasteiger partial charge < -0.3 is 4.74 Å². The SMILES string of the molecule is CC(C)(C(=O)c1ccc(SCCC(F)(F)C(F)(F)C(F)(F)C(F)(F)C(F)(F)C(F)(F)F)cc1)N1CCOCC1. The minimum absolute atomic E-state index is 0.0514. The summed E-state index contributed by atoms with van der Waals surface area (Å²) < 4.78 is 177. The molecule has 1 fully saturated rings. The molecule has 224 valence electrons. The molecule has 1 aromatic rings. The number of Topliss-reactive ketones (excluding diaryl/α,β-unsaturated/α-hetero) is 1. The predicted molar refractivity (Wildman–Crippen MR) is 113 cm³/mol. The maximum absolute atomic E-state index is 13.9. The fourth-order valence-electron chi connectivity index (χ4n) is 3.58. The second kappa shape index (κ2) is 10.9. The van der Waals surface area contributed by atoms with E-state index in [0.717, 1.165) is 0 Å². The van der Waals surface area contributed by atoms with Crippen LogP contribution in [-0.2, 0) is 4.74 Å². The van der Waals surface area contributed by atoms with Crippen LogP contribution in [0.15, 0.2) is 29.2 Å². The largest absolute Gasteiger partial charge is 0.460 e. The molecular weight excluding hydrogens is 589 g/mol. The summed E-state index contributed by atoms with van der Waals surface area (Å²) in [6, 6.07) is 4.95. The molecule has 0 unspecified atom stereocenters. The molecule has 0 spiro atoms. The molecule has 0 N–H and O–H groups in total. The number of carbonyl (C=O) groups is 1. The summed E-state index contributed by atoms with van der Waals surface area (Å²) in [5.41, 5.74) is -0.775. The molecule has 1 heterocycles. The summed E-state index contributed by atoms with van der Waals surface area (Å²) in [6.45, 7) is 5.09. The first kappa shape index (κ1) is 33.5. The standard InChI is InChI=1S/C22H22F13NO2S/c1-16(2,36-8-10-38-11-9-36)15(37)13-3-5-14(6-4-13)39-12-7-17(23,24)18(25,26)19(27,28)20(29,30)21(31,32)22(33,34)35/h3-6H,7-12H2,1-2H3. The van der Waals surface area contributed by atoms with Gasteiger partial charge in [-0.15, -0.1) is 11.8 Å². The van der Waals surface area contributed by atoms with Gasteiger partial charge in [0.2, 0.25) is 0 Å². The molecule has 0 aliphatic carbocycles. The molecule has 0 saturated carbocycles. The van der Waals surface area contributed by atoms with Crippen LogP contribution in [0, 0.1) is 0 Å². The lowest BCUT2D eigenvalue weighted by Crippen LogP contribution is -2.70. The number of morpholine rings is 1. The Labute approximate surface area is 218 Å². The van der Waals surface area contributed by atoms with Crippen molar-refractivity contribution in [1.29, 1.82) is 0 Å². The zero-order valence-corrected chi connectivity index (χ0v) is 21.0. The van der Waals surface area contributed by atoms with Crippen LogP contribution in [0.25, 0.3) is 0 Å². The molecule has 0 amide bonds. The van der Waals surface area contributed by atoms with E-state index < -0.39 is 53.5 Å². The van der Waals surface area contributed by atoms with Crippen LogP contribution >= 0.6 is 11.8 Å². The van der Waals surface area contributed by atoms with Crippen LogP contribution in [0.4, 0.5) is 57.1 Å². The van der Waals surface area contributed by atoms with E-state index in [4.69, 9.17) is 4.74 Å². The van der Waals surface area contributed by atoms with Gasteiger partial charge in [-0.2, -0.15) is 57.1 Å². The Morgan fingerprint density at radius 3 is 1.69 bits per heavy atom. The van der Waals surface area contributed by atoms with E-state index in [2.05, 4.69) is 0 Å². The van der Waals surface area contributed by atoms with Gasteiger partial charge in [0.15, 0.2) is 5.78 Å². The number of hydrogen-bond donors (Lipinski definition) is 0. The highest BCUT2D eigenvalue weighted by molar-refractivity contribution is 7.99. The van der Waals surface area contributed by atoms with E-state index in [9.17, 15) is 61.9 Å². The van der Waals surface area contributed by atoms with E-state index in [-0.39, 0.29) is 16.2 Å². The third-order valence-electron chi connectivity index (χ3n) is 6.16. The molecular formula is C22H22F13NO2S. The van der Waals surface area contributed by atoms with Gasteiger partial charge in [0.25, 0.3) is 0 Å². The van der Waals surface area contributed by atoms with Crippen molar-refractivity contribution in [2.75, 3.05) is 32.1 Å². The lowest BCUT2D eigenvalue weighted by molar-refractivity contribution is -0.439. The average Bonchev–Trinajstić information content (AvgIpc) is 2.83. The smallest absolute Gasteiger partial charge is 0.379 e. The summed E-state index contributed by atoms with van der Waals surface area (Å²) >= 11 is 0.335. The van der Waals surface area contributed by atoms with Gasteiger partial charge in [-0.1, -0.05) is 12.1 Å². The van der Waals surface area contributed by atoms with Crippen molar-refractivity contribution < 1.29 is 66.6 Å². The molecule has 0 aromatic heterocycles. The van der Waals surface area contributed by atoms with Crippen molar-refractivity contribution in [2.24, 2.45) is 0 Å². The fourth-order valence-corrected chi connectivity index (χ4v) is 4.50. The predicted octanol–water partition coefficient (Wildman–Crippen LogP) is 7.20. The summed E-state index contributed by atoms with van der Waals surface area (Å²) in [5.74, 6) is -38.3. The highest BCUT2D eigenvalue weighted by Crippen LogP contribution is 2.60. The van der Waals surface area contributed by atoms with E-state index in [0.29, 0.717) is 38.1 Å². The van der Waals surface area contributed by atoms with Gasteiger partial charge in [-0.05, 0) is 26.0 Å². The second-order valence-corrected chi connectivity index (χ2v) is 10.3. The number of hydrogen-bond acceptors (Lipinski definition) is 4. The van der Waals surface area contributed by atoms with Gasteiger partial charge in [0, 0.05) is 35.7 Å². The van der Waals surface area contributed by atoms with E-state index in [1.54, 1.807) is 13.8 Å². The minimum Gasteiger partial charge on any atom is -0.379 e. The van der Waals surface area contributed by atoms with Crippen LogP contribution < -0.4 is 0 Å². The third kappa shape index (κ3) is 5.99. The normalized spacial score (nSPS) is 17.4. The summed E-state index contributed by atoms with van der Waals surface area (Å²) in [4.78, 5) is 14.8. The van der Waals surface area contributed by atoms with E-state index >= 15 is 0 Å². The quantitative estimate of drug-likeness (QED) is 0.150. The first-order chi connectivity index (χ1) is 17.4. The fraction of sp³-hybridized carbons (Fsp3) is 0.682. The van der Waals surface area contributed by atoms with Crippen molar-refractivity contribution >= 4 is 17.5 Å². The molecule has 1 aliphatic heterocycles. The number of nitrogens with zero attached hydrogens (tertiary/aromatic N) is 1. The number of ketones is 1. The molecule has 39 heavy (non-hydrogen) atoms. The first-order valence-electron chi connectivity index (χ1n) is 11.0. The van der Waals surface area contributed by atoms with Gasteiger partial charge in [-0.3, -0.25) is 9.69 Å². The molecule has 0 radical (unpaired) electrons. The molecule has 3 nitrogen and oxygen atoms in total. The summed E-state index contributed by atoms with van der Waals surface area (Å²) in [5, 5.41) is 0. The van der Waals surface area contributed by atoms with Crippen molar-refractivity contribution in [2.45, 2.75) is 66.5 Å². The average molecular weight is 611 g/mol. The van der Waals surface area contributed by atoms with Gasteiger partial charge >= 0.3 is 35.8 Å². The molecule has 0 bridgehead atoms. The third-order valence-corrected chi connectivity index (χ3v) is 7.17. The number of carbonyl (C=O) groups excluding carboxylic acids is 1. The summed E-state index contributed by atoms with van der Waals surface area (Å²) in [7, 11) is 0. The van der Waals surface area contributed by atoms with Crippen molar-refractivity contribution in [3.8, 4) is 0 Å². The number of alkyl halides is 13. The van der Waals surface area contributed by atoms with Crippen LogP contribution in [0.1, 0.15) is 30.6 Å². The minimum atomic E-state index is -7.91. The second-order valence-electron chi connectivity index (χ2n) is 9.11. The number of thioether (sulfide) groups is 1. The van der Waals surface area contributed by atoms with Crippen molar-refractivity contribution in [3.05, 3.63) is 29.8 Å². The first-order valence-corrected chi connectivity index (χ1v) is 12.0. The Hall–Kier alpha value is -1.75. The Balaban J connectivity index is 2.11. The molecule has 17 heteroatoms. The zero-order chi connectivity index (χ0) is 30.3. The van der Waals surface area contributed by atoms with Gasteiger partial charge in [-0.25, -0.2) is 0 Å². The number of ether oxygens (including phenoxy) is 1. The Kier molecular flexibility index (Phi) is 9.36. The highest BCUT2D eigenvalue weighted by atomic mass is 32.2. The van der Waals surface area contributed by atoms with Gasteiger partial charge in [0.1, 0.15) is 0 Å².